The van der Waals surface area contributed by atoms with E-state index in [1.54, 1.807) is 6.92 Å². The SMILES string of the molecule is CC(=O)SCC1CC(=O)N(C2COC(C)(C)OC2)C1. The summed E-state index contributed by atoms with van der Waals surface area (Å²) in [6, 6.07) is 0.00727. The Balaban J connectivity index is 1.85. The van der Waals surface area contributed by atoms with Crippen LogP contribution in [0.2, 0.25) is 0 Å². The van der Waals surface area contributed by atoms with E-state index in [9.17, 15) is 9.59 Å². The van der Waals surface area contributed by atoms with Gasteiger partial charge in [0.05, 0.1) is 19.3 Å². The molecule has 0 N–H and O–H groups in total. The molecule has 0 aromatic carbocycles. The molecule has 0 aliphatic carbocycles. The number of carbonyl (C=O) groups is 2. The molecule has 0 radical (unpaired) electrons. The van der Waals surface area contributed by atoms with E-state index in [1.807, 2.05) is 18.7 Å². The second kappa shape index (κ2) is 5.81. The van der Waals surface area contributed by atoms with Crippen LogP contribution in [0.3, 0.4) is 0 Å². The van der Waals surface area contributed by atoms with Crippen molar-refractivity contribution in [2.75, 3.05) is 25.5 Å². The molecule has 2 aliphatic rings. The van der Waals surface area contributed by atoms with Gasteiger partial charge in [0.1, 0.15) is 0 Å². The summed E-state index contributed by atoms with van der Waals surface area (Å²) in [5.74, 6) is 0.572. The second-order valence-corrected chi connectivity index (χ2v) is 6.79. The van der Waals surface area contributed by atoms with Gasteiger partial charge in [0, 0.05) is 25.6 Å². The second-order valence-electron chi connectivity index (χ2n) is 5.59. The third kappa shape index (κ3) is 3.94. The molecule has 108 valence electrons. The van der Waals surface area contributed by atoms with Crippen molar-refractivity contribution in [2.45, 2.75) is 39.0 Å². The van der Waals surface area contributed by atoms with E-state index < -0.39 is 5.79 Å². The highest BCUT2D eigenvalue weighted by Gasteiger charge is 2.38. The average molecular weight is 287 g/mol. The predicted molar refractivity (Wildman–Crippen MR) is 72.7 cm³/mol. The fourth-order valence-electron chi connectivity index (χ4n) is 2.37. The minimum absolute atomic E-state index is 0.00727. The van der Waals surface area contributed by atoms with Crippen molar-refractivity contribution in [1.29, 1.82) is 0 Å². The smallest absolute Gasteiger partial charge is 0.223 e. The van der Waals surface area contributed by atoms with Crippen molar-refractivity contribution in [2.24, 2.45) is 5.92 Å². The maximum absolute atomic E-state index is 12.0. The van der Waals surface area contributed by atoms with Gasteiger partial charge in [0.15, 0.2) is 10.9 Å². The Hall–Kier alpha value is -0.590. The van der Waals surface area contributed by atoms with E-state index in [0.29, 0.717) is 26.2 Å². The van der Waals surface area contributed by atoms with Crippen molar-refractivity contribution in [3.63, 3.8) is 0 Å². The summed E-state index contributed by atoms with van der Waals surface area (Å²) in [7, 11) is 0. The van der Waals surface area contributed by atoms with Crippen molar-refractivity contribution in [3.8, 4) is 0 Å². The Labute approximate surface area is 118 Å². The predicted octanol–water partition coefficient (Wildman–Crippen LogP) is 1.27. The Morgan fingerprint density at radius 2 is 2.05 bits per heavy atom. The van der Waals surface area contributed by atoms with Gasteiger partial charge in [-0.1, -0.05) is 11.8 Å². The topological polar surface area (TPSA) is 55.8 Å². The maximum Gasteiger partial charge on any atom is 0.223 e. The van der Waals surface area contributed by atoms with Crippen LogP contribution in [0.5, 0.6) is 0 Å². The molecule has 2 aliphatic heterocycles. The lowest BCUT2D eigenvalue weighted by Crippen LogP contribution is -2.51. The molecular weight excluding hydrogens is 266 g/mol. The van der Waals surface area contributed by atoms with Gasteiger partial charge in [-0.2, -0.15) is 0 Å². The summed E-state index contributed by atoms with van der Waals surface area (Å²) < 4.78 is 11.2. The number of rotatable bonds is 3. The molecule has 19 heavy (non-hydrogen) atoms. The molecule has 0 aromatic rings. The molecule has 6 heteroatoms. The van der Waals surface area contributed by atoms with Crippen LogP contribution in [-0.2, 0) is 19.1 Å². The number of carbonyl (C=O) groups excluding carboxylic acids is 2. The van der Waals surface area contributed by atoms with Crippen LogP contribution in [0.15, 0.2) is 0 Å². The van der Waals surface area contributed by atoms with Gasteiger partial charge in [-0.3, -0.25) is 9.59 Å². The first-order chi connectivity index (χ1) is 8.87. The van der Waals surface area contributed by atoms with Crippen LogP contribution in [-0.4, -0.2) is 53.3 Å². The lowest BCUT2D eigenvalue weighted by atomic mass is 10.1. The molecule has 0 bridgehead atoms. The molecule has 1 atom stereocenters. The van der Waals surface area contributed by atoms with Gasteiger partial charge < -0.3 is 14.4 Å². The summed E-state index contributed by atoms with van der Waals surface area (Å²) in [5.41, 5.74) is 0. The monoisotopic (exact) mass is 287 g/mol. The van der Waals surface area contributed by atoms with Gasteiger partial charge in [-0.15, -0.1) is 0 Å². The van der Waals surface area contributed by atoms with Crippen LogP contribution in [0.25, 0.3) is 0 Å². The van der Waals surface area contributed by atoms with E-state index >= 15 is 0 Å². The van der Waals surface area contributed by atoms with Gasteiger partial charge in [-0.25, -0.2) is 0 Å². The minimum Gasteiger partial charge on any atom is -0.348 e. The summed E-state index contributed by atoms with van der Waals surface area (Å²) in [6.45, 7) is 7.06. The zero-order valence-corrected chi connectivity index (χ0v) is 12.5. The summed E-state index contributed by atoms with van der Waals surface area (Å²) in [6.07, 6.45) is 0.528. The molecule has 2 heterocycles. The van der Waals surface area contributed by atoms with Gasteiger partial charge in [-0.05, 0) is 19.8 Å². The van der Waals surface area contributed by atoms with E-state index in [0.717, 1.165) is 5.75 Å². The van der Waals surface area contributed by atoms with Crippen LogP contribution in [0.1, 0.15) is 27.2 Å². The van der Waals surface area contributed by atoms with Crippen LogP contribution < -0.4 is 0 Å². The fourth-order valence-corrected chi connectivity index (χ4v) is 3.07. The number of amides is 1. The van der Waals surface area contributed by atoms with E-state index in [2.05, 4.69) is 0 Å². The summed E-state index contributed by atoms with van der Waals surface area (Å²) in [4.78, 5) is 24.8. The van der Waals surface area contributed by atoms with Crippen LogP contribution in [0.4, 0.5) is 0 Å². The van der Waals surface area contributed by atoms with E-state index in [4.69, 9.17) is 9.47 Å². The van der Waals surface area contributed by atoms with E-state index in [1.165, 1.54) is 11.8 Å². The number of nitrogens with zero attached hydrogens (tertiary/aromatic N) is 1. The first kappa shape index (κ1) is 14.8. The number of ether oxygens (including phenoxy) is 2. The largest absolute Gasteiger partial charge is 0.348 e. The molecule has 0 saturated carbocycles. The normalized spacial score (nSPS) is 27.8. The highest BCUT2D eigenvalue weighted by molar-refractivity contribution is 8.13. The van der Waals surface area contributed by atoms with Crippen molar-refractivity contribution >= 4 is 22.8 Å². The molecule has 1 amide bonds. The summed E-state index contributed by atoms with van der Waals surface area (Å²) in [5, 5.41) is 0.108. The first-order valence-electron chi connectivity index (χ1n) is 6.58. The Morgan fingerprint density at radius 1 is 1.42 bits per heavy atom. The highest BCUT2D eigenvalue weighted by Crippen LogP contribution is 2.27. The first-order valence-corrected chi connectivity index (χ1v) is 7.57. The third-order valence-corrected chi connectivity index (χ3v) is 4.49. The molecular formula is C13H21NO4S. The quantitative estimate of drug-likeness (QED) is 0.782. The maximum atomic E-state index is 12.0. The molecule has 0 spiro atoms. The zero-order valence-electron chi connectivity index (χ0n) is 11.7. The Bertz CT molecular complexity index is 362. The third-order valence-electron chi connectivity index (χ3n) is 3.45. The van der Waals surface area contributed by atoms with Crippen LogP contribution >= 0.6 is 11.8 Å². The van der Waals surface area contributed by atoms with Crippen molar-refractivity contribution < 1.29 is 19.1 Å². The van der Waals surface area contributed by atoms with Crippen molar-refractivity contribution in [1.82, 2.24) is 4.90 Å². The van der Waals surface area contributed by atoms with E-state index in [-0.39, 0.29) is 23.0 Å². The minimum atomic E-state index is -0.552. The number of hydrogen-bond acceptors (Lipinski definition) is 5. The highest BCUT2D eigenvalue weighted by atomic mass is 32.2. The average Bonchev–Trinajstić information content (AvgIpc) is 2.68. The molecule has 1 unspecified atom stereocenters. The molecule has 0 aromatic heterocycles. The Morgan fingerprint density at radius 3 is 2.63 bits per heavy atom. The lowest BCUT2D eigenvalue weighted by molar-refractivity contribution is -0.262. The summed E-state index contributed by atoms with van der Waals surface area (Å²) >= 11 is 1.30. The molecule has 2 rings (SSSR count). The molecule has 2 saturated heterocycles. The fraction of sp³-hybridized carbons (Fsp3) is 0.846. The van der Waals surface area contributed by atoms with Gasteiger partial charge in [0.25, 0.3) is 0 Å². The Kier molecular flexibility index (Phi) is 4.53. The molecule has 2 fully saturated rings. The van der Waals surface area contributed by atoms with Gasteiger partial charge >= 0.3 is 0 Å². The van der Waals surface area contributed by atoms with Crippen molar-refractivity contribution in [3.05, 3.63) is 0 Å². The lowest BCUT2D eigenvalue weighted by Gasteiger charge is -2.38. The standard InChI is InChI=1S/C13H21NO4S/c1-9(15)19-8-10-4-12(16)14(5-10)11-6-17-13(2,3)18-7-11/h10-11H,4-8H2,1-3H3. The number of hydrogen-bond donors (Lipinski definition) is 0. The number of thioether (sulfide) groups is 1. The van der Waals surface area contributed by atoms with Gasteiger partial charge in [0.2, 0.25) is 5.91 Å². The zero-order chi connectivity index (χ0) is 14.0. The number of likely N-dealkylation sites (tertiary alicyclic amines) is 1. The van der Waals surface area contributed by atoms with Crippen LogP contribution in [0, 0.1) is 5.92 Å². The molecule has 5 nitrogen and oxygen atoms in total.